The summed E-state index contributed by atoms with van der Waals surface area (Å²) < 4.78 is 45.3. The Morgan fingerprint density at radius 1 is 1.67 bits per heavy atom. The number of hydrogen-bond donors (Lipinski definition) is 1. The highest BCUT2D eigenvalue weighted by molar-refractivity contribution is 9.10. The van der Waals surface area contributed by atoms with Crippen LogP contribution < -0.4 is 5.73 Å². The van der Waals surface area contributed by atoms with Gasteiger partial charge in [0.05, 0.1) is 0 Å². The van der Waals surface area contributed by atoms with Crippen LogP contribution in [-0.4, -0.2) is 6.02 Å². The molecule has 3 heteroatoms. The third-order valence-corrected chi connectivity index (χ3v) is 1.65. The first kappa shape index (κ1) is 4.99. The molecule has 0 amide bonds. The van der Waals surface area contributed by atoms with Crippen LogP contribution in [0.25, 0.3) is 0 Å². The molecule has 1 aromatic carbocycles. The topological polar surface area (TPSA) is 26.0 Å². The normalized spacial score (nSPS) is 24.2. The fourth-order valence-corrected chi connectivity index (χ4v) is 0.953. The molecule has 0 saturated heterocycles. The van der Waals surface area contributed by atoms with Crippen LogP contribution in [0.15, 0.2) is 28.7 Å². The molecule has 0 saturated carbocycles. The van der Waals surface area contributed by atoms with Gasteiger partial charge in [0, 0.05) is 18.7 Å². The zero-order valence-corrected chi connectivity index (χ0v) is 8.58. The Balaban J connectivity index is 0.00000289. The maximum Gasteiger partial charge on any atom is 0.0463 e. The average molecular weight is 257 g/mol. The van der Waals surface area contributed by atoms with Gasteiger partial charge in [-0.25, -0.2) is 0 Å². The molecule has 0 radical (unpaired) electrons. The van der Waals surface area contributed by atoms with Gasteiger partial charge in [-0.2, -0.15) is 0 Å². The lowest BCUT2D eigenvalue weighted by molar-refractivity contribution is 0.738. The van der Waals surface area contributed by atoms with Crippen LogP contribution in [0.1, 0.15) is 20.6 Å². The van der Waals surface area contributed by atoms with Crippen molar-refractivity contribution < 1.29 is 8.22 Å². The number of benzene rings is 1. The molecule has 12 heavy (non-hydrogen) atoms. The Morgan fingerprint density at radius 2 is 2.25 bits per heavy atom. The first-order chi connectivity index (χ1) is 7.50. The summed E-state index contributed by atoms with van der Waals surface area (Å²) >= 11 is 3.19. The lowest BCUT2D eigenvalue weighted by Gasteiger charge is -2.03. The summed E-state index contributed by atoms with van der Waals surface area (Å²) in [6.07, 6.45) is -2.47. The van der Waals surface area contributed by atoms with Crippen molar-refractivity contribution in [2.75, 3.05) is 0 Å². The lowest BCUT2D eigenvalue weighted by atomic mass is 10.1. The van der Waals surface area contributed by atoms with Crippen LogP contribution in [0, 0.1) is 0 Å². The molecular weight excluding hydrogens is 237 g/mol. The zero-order chi connectivity index (χ0) is 13.5. The van der Waals surface area contributed by atoms with Gasteiger partial charge >= 0.3 is 0 Å². The molecule has 0 heterocycles. The SMILES string of the molecule is Cl.[2H]C([2H])([2H])C([2H])(N)C([2H])([2H])c1ccc(Br)cc1. The summed E-state index contributed by atoms with van der Waals surface area (Å²) in [5.41, 5.74) is 5.42. The number of hydrogen-bond acceptors (Lipinski definition) is 1. The molecule has 0 aromatic heterocycles. The fourth-order valence-electron chi connectivity index (χ4n) is 0.689. The average Bonchev–Trinajstić information content (AvgIpc) is 2.16. The molecule has 1 nitrogen and oxygen atoms in total. The van der Waals surface area contributed by atoms with E-state index in [9.17, 15) is 0 Å². The van der Waals surface area contributed by atoms with E-state index in [2.05, 4.69) is 15.9 Å². The predicted octanol–water partition coefficient (Wildman–Crippen LogP) is 2.76. The Kier molecular flexibility index (Phi) is 2.32. The van der Waals surface area contributed by atoms with Crippen molar-refractivity contribution >= 4 is 28.3 Å². The number of halogens is 2. The van der Waals surface area contributed by atoms with Crippen molar-refractivity contribution in [1.82, 2.24) is 0 Å². The molecular formula is C9H13BrClN. The van der Waals surface area contributed by atoms with E-state index in [4.69, 9.17) is 14.0 Å². The van der Waals surface area contributed by atoms with E-state index in [1.807, 2.05) is 0 Å². The fraction of sp³-hybridized carbons (Fsp3) is 0.333. The smallest absolute Gasteiger partial charge is 0.0463 e. The second-order valence-corrected chi connectivity index (χ2v) is 2.96. The summed E-state index contributed by atoms with van der Waals surface area (Å²) in [6.45, 7) is -2.91. The second kappa shape index (κ2) is 5.57. The Morgan fingerprint density at radius 3 is 2.75 bits per heavy atom. The van der Waals surface area contributed by atoms with Crippen LogP contribution >= 0.6 is 28.3 Å². The molecule has 2 N–H and O–H groups in total. The van der Waals surface area contributed by atoms with Gasteiger partial charge in [-0.1, -0.05) is 28.1 Å². The van der Waals surface area contributed by atoms with Crippen LogP contribution in [0.5, 0.6) is 0 Å². The molecule has 0 bridgehead atoms. The van der Waals surface area contributed by atoms with Crippen LogP contribution in [-0.2, 0) is 6.37 Å². The van der Waals surface area contributed by atoms with Gasteiger partial charge in [0.25, 0.3) is 0 Å². The zero-order valence-electron chi connectivity index (χ0n) is 12.2. The summed E-state index contributed by atoms with van der Waals surface area (Å²) in [7, 11) is 0. The van der Waals surface area contributed by atoms with Crippen LogP contribution in [0.3, 0.4) is 0 Å². The highest BCUT2D eigenvalue weighted by Crippen LogP contribution is 2.11. The summed E-state index contributed by atoms with van der Waals surface area (Å²) in [5.74, 6) is 0. The molecule has 0 aliphatic rings. The van der Waals surface area contributed by atoms with Crippen molar-refractivity contribution in [2.45, 2.75) is 19.2 Å². The molecule has 0 fully saturated rings. The molecule has 0 aliphatic carbocycles. The highest BCUT2D eigenvalue weighted by Gasteiger charge is 1.96. The maximum atomic E-state index is 7.77. The summed E-state index contributed by atoms with van der Waals surface area (Å²) in [6, 6.07) is 3.26. The summed E-state index contributed by atoms with van der Waals surface area (Å²) in [5, 5.41) is 0. The summed E-state index contributed by atoms with van der Waals surface area (Å²) in [4.78, 5) is 0. The maximum absolute atomic E-state index is 7.77. The largest absolute Gasteiger partial charge is 0.328 e. The monoisotopic (exact) mass is 255 g/mol. The minimum absolute atomic E-state index is 0. The van der Waals surface area contributed by atoms with E-state index >= 15 is 0 Å². The van der Waals surface area contributed by atoms with Crippen LogP contribution in [0.2, 0.25) is 0 Å². The van der Waals surface area contributed by atoms with Crippen molar-refractivity contribution in [3.8, 4) is 0 Å². The Hall–Kier alpha value is -0.0500. The van der Waals surface area contributed by atoms with Gasteiger partial charge in [0.15, 0.2) is 0 Å². The molecule has 0 spiro atoms. The second-order valence-electron chi connectivity index (χ2n) is 2.05. The highest BCUT2D eigenvalue weighted by atomic mass is 79.9. The molecule has 1 unspecified atom stereocenters. The third kappa shape index (κ3) is 4.10. The van der Waals surface area contributed by atoms with Crippen molar-refractivity contribution in [2.24, 2.45) is 5.73 Å². The van der Waals surface area contributed by atoms with Gasteiger partial charge in [-0.05, 0) is 30.9 Å². The van der Waals surface area contributed by atoms with E-state index in [1.165, 1.54) is 12.1 Å². The number of nitrogens with two attached hydrogens (primary N) is 1. The molecule has 0 aliphatic heterocycles. The Bertz CT molecular complexity index is 403. The van der Waals surface area contributed by atoms with E-state index in [-0.39, 0.29) is 18.0 Å². The standard InChI is InChI=1S/C9H12BrN.ClH/c1-7(11)6-8-2-4-9(10)5-3-8;/h2-5,7H,6,11H2,1H3;1H/i1D3,6D2,7D;. The van der Waals surface area contributed by atoms with E-state index < -0.39 is 19.2 Å². The van der Waals surface area contributed by atoms with E-state index in [1.54, 1.807) is 12.1 Å². The molecule has 1 rings (SSSR count). The molecule has 1 atom stereocenters. The van der Waals surface area contributed by atoms with Gasteiger partial charge in [0.1, 0.15) is 0 Å². The van der Waals surface area contributed by atoms with Crippen molar-refractivity contribution in [3.05, 3.63) is 34.3 Å². The first-order valence-electron chi connectivity index (χ1n) is 6.05. The first-order valence-corrected chi connectivity index (χ1v) is 3.84. The van der Waals surface area contributed by atoms with Crippen molar-refractivity contribution in [1.29, 1.82) is 0 Å². The quantitative estimate of drug-likeness (QED) is 0.865. The minimum atomic E-state index is -2.91. The third-order valence-electron chi connectivity index (χ3n) is 1.12. The Labute approximate surface area is 96.3 Å². The predicted molar refractivity (Wildman–Crippen MR) is 58.7 cm³/mol. The molecule has 1 aromatic rings. The minimum Gasteiger partial charge on any atom is -0.328 e. The van der Waals surface area contributed by atoms with Crippen molar-refractivity contribution in [3.63, 3.8) is 0 Å². The van der Waals surface area contributed by atoms with E-state index in [0.717, 1.165) is 4.47 Å². The molecule has 68 valence electrons. The van der Waals surface area contributed by atoms with Crippen LogP contribution in [0.4, 0.5) is 0 Å². The van der Waals surface area contributed by atoms with Gasteiger partial charge in [0.2, 0.25) is 0 Å². The van der Waals surface area contributed by atoms with Gasteiger partial charge < -0.3 is 5.73 Å². The lowest BCUT2D eigenvalue weighted by Crippen LogP contribution is -2.17. The number of rotatable bonds is 2. The van der Waals surface area contributed by atoms with Gasteiger partial charge in [-0.3, -0.25) is 0 Å². The van der Waals surface area contributed by atoms with Gasteiger partial charge in [-0.15, -0.1) is 12.4 Å². The van der Waals surface area contributed by atoms with E-state index in [0.29, 0.717) is 0 Å².